The number of carbonyl (C=O) groups excluding carboxylic acids is 2. The van der Waals surface area contributed by atoms with E-state index in [1.54, 1.807) is 12.1 Å². The van der Waals surface area contributed by atoms with Crippen molar-refractivity contribution in [2.75, 3.05) is 19.6 Å². The van der Waals surface area contributed by atoms with Crippen LogP contribution in [0.5, 0.6) is 0 Å². The molecule has 7 nitrogen and oxygen atoms in total. The molecular weight excluding hydrogens is 413 g/mol. The third-order valence-corrected chi connectivity index (χ3v) is 6.02. The fourth-order valence-corrected chi connectivity index (χ4v) is 4.35. The molecule has 1 saturated heterocycles. The van der Waals surface area contributed by atoms with Crippen LogP contribution in [0, 0.1) is 21.8 Å². The second-order valence-electron chi connectivity index (χ2n) is 8.36. The molecule has 0 radical (unpaired) electrons. The van der Waals surface area contributed by atoms with Gasteiger partial charge < -0.3 is 4.90 Å². The summed E-state index contributed by atoms with van der Waals surface area (Å²) in [5.41, 5.74) is 1.90. The molecule has 2 aromatic carbocycles. The summed E-state index contributed by atoms with van der Waals surface area (Å²) in [5, 5.41) is 11.0. The number of amides is 2. The molecule has 0 saturated carbocycles. The topological polar surface area (TPSA) is 83.8 Å². The van der Waals surface area contributed by atoms with Crippen molar-refractivity contribution in [3.05, 3.63) is 81.3 Å². The number of carbonyl (C=O) groups is 2. The standard InChI is InChI=1S/C24H24FN3O4/c1-16-3-2-13-26(15-16)22-21(18-6-10-20(11-7-18)28(31)32)23(29)27(24(22)30)14-12-17-4-8-19(25)9-5-17/h4-11,16H,2-3,12-15H2,1H3. The highest BCUT2D eigenvalue weighted by Gasteiger charge is 2.42. The van der Waals surface area contributed by atoms with Crippen molar-refractivity contribution in [1.82, 2.24) is 9.80 Å². The van der Waals surface area contributed by atoms with E-state index in [0.29, 0.717) is 36.7 Å². The molecule has 32 heavy (non-hydrogen) atoms. The first-order valence-electron chi connectivity index (χ1n) is 10.7. The first-order valence-corrected chi connectivity index (χ1v) is 10.7. The Hall–Kier alpha value is -3.55. The Morgan fingerprint density at radius 1 is 1.06 bits per heavy atom. The van der Waals surface area contributed by atoms with E-state index < -0.39 is 10.8 Å². The normalized spacial score (nSPS) is 19.1. The van der Waals surface area contributed by atoms with Gasteiger partial charge in [0.05, 0.1) is 10.5 Å². The van der Waals surface area contributed by atoms with Gasteiger partial charge in [0.15, 0.2) is 0 Å². The van der Waals surface area contributed by atoms with Crippen LogP contribution in [0.15, 0.2) is 54.2 Å². The summed E-state index contributed by atoms with van der Waals surface area (Å²) in [4.78, 5) is 40.5. The highest BCUT2D eigenvalue weighted by molar-refractivity contribution is 6.35. The number of hydrogen-bond donors (Lipinski definition) is 0. The minimum Gasteiger partial charge on any atom is -0.366 e. The predicted molar refractivity (Wildman–Crippen MR) is 117 cm³/mol. The zero-order chi connectivity index (χ0) is 22.8. The van der Waals surface area contributed by atoms with Gasteiger partial charge in [-0.2, -0.15) is 0 Å². The van der Waals surface area contributed by atoms with Crippen molar-refractivity contribution in [2.45, 2.75) is 26.2 Å². The van der Waals surface area contributed by atoms with Gasteiger partial charge in [0.25, 0.3) is 17.5 Å². The minimum atomic E-state index is -0.498. The number of nitro groups is 1. The lowest BCUT2D eigenvalue weighted by Crippen LogP contribution is -2.39. The summed E-state index contributed by atoms with van der Waals surface area (Å²) in [5.74, 6) is -0.699. The van der Waals surface area contributed by atoms with Crippen molar-refractivity contribution in [3.8, 4) is 0 Å². The van der Waals surface area contributed by atoms with E-state index in [-0.39, 0.29) is 29.5 Å². The van der Waals surface area contributed by atoms with Gasteiger partial charge >= 0.3 is 0 Å². The van der Waals surface area contributed by atoms with Crippen LogP contribution in [0.2, 0.25) is 0 Å². The Morgan fingerprint density at radius 3 is 2.38 bits per heavy atom. The summed E-state index contributed by atoms with van der Waals surface area (Å²) in [6.45, 7) is 3.65. The number of rotatable bonds is 6. The van der Waals surface area contributed by atoms with Crippen LogP contribution in [0.4, 0.5) is 10.1 Å². The number of non-ortho nitro benzene ring substituents is 1. The zero-order valence-corrected chi connectivity index (χ0v) is 17.8. The monoisotopic (exact) mass is 437 g/mol. The van der Waals surface area contributed by atoms with Crippen LogP contribution >= 0.6 is 0 Å². The predicted octanol–water partition coefficient (Wildman–Crippen LogP) is 3.79. The van der Waals surface area contributed by atoms with Gasteiger partial charge in [-0.3, -0.25) is 24.6 Å². The summed E-state index contributed by atoms with van der Waals surface area (Å²) in [6.07, 6.45) is 2.40. The molecule has 166 valence electrons. The van der Waals surface area contributed by atoms with Crippen LogP contribution in [0.3, 0.4) is 0 Å². The summed E-state index contributed by atoms with van der Waals surface area (Å²) in [7, 11) is 0. The summed E-state index contributed by atoms with van der Waals surface area (Å²) in [6, 6.07) is 11.7. The van der Waals surface area contributed by atoms with E-state index in [0.717, 1.165) is 18.4 Å². The lowest BCUT2D eigenvalue weighted by molar-refractivity contribution is -0.384. The molecule has 2 amide bonds. The molecule has 2 aliphatic rings. The Kier molecular flexibility index (Phi) is 6.03. The second kappa shape index (κ2) is 8.90. The maximum atomic E-state index is 13.4. The molecule has 8 heteroatoms. The summed E-state index contributed by atoms with van der Waals surface area (Å²) < 4.78 is 13.2. The number of likely N-dealkylation sites (tertiary alicyclic amines) is 1. The Labute approximate surface area is 185 Å². The van der Waals surface area contributed by atoms with E-state index in [1.165, 1.54) is 41.3 Å². The molecule has 2 heterocycles. The van der Waals surface area contributed by atoms with Crippen LogP contribution in [-0.4, -0.2) is 46.2 Å². The van der Waals surface area contributed by atoms with Gasteiger partial charge in [0.2, 0.25) is 0 Å². The molecule has 1 fully saturated rings. The average molecular weight is 437 g/mol. The third-order valence-electron chi connectivity index (χ3n) is 6.02. The van der Waals surface area contributed by atoms with Gasteiger partial charge in [0.1, 0.15) is 11.5 Å². The lowest BCUT2D eigenvalue weighted by atomic mass is 9.97. The van der Waals surface area contributed by atoms with Gasteiger partial charge in [-0.25, -0.2) is 4.39 Å². The fourth-order valence-electron chi connectivity index (χ4n) is 4.35. The van der Waals surface area contributed by atoms with Gasteiger partial charge in [0, 0.05) is 31.8 Å². The third kappa shape index (κ3) is 4.26. The highest BCUT2D eigenvalue weighted by Crippen LogP contribution is 2.34. The first kappa shape index (κ1) is 21.7. The quantitative estimate of drug-likeness (QED) is 0.390. The van der Waals surface area contributed by atoms with Gasteiger partial charge in [-0.15, -0.1) is 0 Å². The fraction of sp³-hybridized carbons (Fsp3) is 0.333. The van der Waals surface area contributed by atoms with Gasteiger partial charge in [-0.05, 0) is 60.6 Å². The van der Waals surface area contributed by atoms with E-state index in [4.69, 9.17) is 0 Å². The molecule has 0 N–H and O–H groups in total. The Balaban J connectivity index is 1.66. The van der Waals surface area contributed by atoms with Crippen LogP contribution in [-0.2, 0) is 16.0 Å². The van der Waals surface area contributed by atoms with Crippen molar-refractivity contribution in [1.29, 1.82) is 0 Å². The van der Waals surface area contributed by atoms with E-state index in [1.807, 2.05) is 4.90 Å². The number of benzene rings is 2. The number of imide groups is 1. The van der Waals surface area contributed by atoms with Gasteiger partial charge in [-0.1, -0.05) is 19.1 Å². The van der Waals surface area contributed by atoms with E-state index in [2.05, 4.69) is 6.92 Å². The Bertz CT molecular complexity index is 1080. The number of nitro benzene ring substituents is 1. The second-order valence-corrected chi connectivity index (χ2v) is 8.36. The maximum absolute atomic E-state index is 13.4. The molecule has 1 unspecified atom stereocenters. The molecule has 2 aliphatic heterocycles. The van der Waals surface area contributed by atoms with E-state index in [9.17, 15) is 24.1 Å². The zero-order valence-electron chi connectivity index (χ0n) is 17.8. The highest BCUT2D eigenvalue weighted by atomic mass is 19.1. The van der Waals surface area contributed by atoms with Crippen molar-refractivity contribution in [3.63, 3.8) is 0 Å². The number of halogens is 1. The van der Waals surface area contributed by atoms with Crippen LogP contribution in [0.25, 0.3) is 5.57 Å². The number of nitrogens with zero attached hydrogens (tertiary/aromatic N) is 3. The molecule has 2 aromatic rings. The van der Waals surface area contributed by atoms with Crippen molar-refractivity contribution >= 4 is 23.1 Å². The summed E-state index contributed by atoms with van der Waals surface area (Å²) >= 11 is 0. The largest absolute Gasteiger partial charge is 0.366 e. The molecule has 0 aliphatic carbocycles. The molecule has 0 bridgehead atoms. The van der Waals surface area contributed by atoms with E-state index >= 15 is 0 Å². The smallest absolute Gasteiger partial charge is 0.277 e. The first-order chi connectivity index (χ1) is 15.3. The number of hydrogen-bond acceptors (Lipinski definition) is 5. The van der Waals surface area contributed by atoms with Crippen molar-refractivity contribution in [2.24, 2.45) is 5.92 Å². The molecule has 0 spiro atoms. The average Bonchev–Trinajstić information content (AvgIpc) is 3.03. The van der Waals surface area contributed by atoms with Crippen molar-refractivity contribution < 1.29 is 18.9 Å². The number of piperidine rings is 1. The molecule has 0 aromatic heterocycles. The maximum Gasteiger partial charge on any atom is 0.277 e. The minimum absolute atomic E-state index is 0.0765. The van der Waals surface area contributed by atoms with Crippen LogP contribution in [0.1, 0.15) is 30.9 Å². The molecule has 1 atom stereocenters. The lowest BCUT2D eigenvalue weighted by Gasteiger charge is -2.33. The Morgan fingerprint density at radius 2 is 1.75 bits per heavy atom. The van der Waals surface area contributed by atoms with Crippen LogP contribution < -0.4 is 0 Å². The molecular formula is C24H24FN3O4. The SMILES string of the molecule is CC1CCCN(C2=C(c3ccc([N+](=O)[O-])cc3)C(=O)N(CCc3ccc(F)cc3)C2=O)C1. The molecule has 4 rings (SSSR count).